The lowest BCUT2D eigenvalue weighted by atomic mass is 9.84. The number of carbonyl (C=O) groups excluding carboxylic acids is 1. The highest BCUT2D eigenvalue weighted by Crippen LogP contribution is 2.39. The third-order valence-electron chi connectivity index (χ3n) is 10.4. The zero-order chi connectivity index (χ0) is 46.0. The molecule has 0 spiro atoms. The van der Waals surface area contributed by atoms with E-state index in [4.69, 9.17) is 14.2 Å². The van der Waals surface area contributed by atoms with Gasteiger partial charge in [-0.05, 0) is 151 Å². The van der Waals surface area contributed by atoms with Crippen molar-refractivity contribution in [1.29, 1.82) is 0 Å². The van der Waals surface area contributed by atoms with Gasteiger partial charge in [-0.25, -0.2) is 0 Å². The molecule has 0 saturated heterocycles. The van der Waals surface area contributed by atoms with Crippen LogP contribution in [-0.4, -0.2) is 75.4 Å². The van der Waals surface area contributed by atoms with Gasteiger partial charge in [0, 0.05) is 20.0 Å². The van der Waals surface area contributed by atoms with E-state index in [9.17, 15) is 9.90 Å². The molecule has 6 aromatic rings. The summed E-state index contributed by atoms with van der Waals surface area (Å²) in [7, 11) is 8.16. The minimum absolute atomic E-state index is 0.276. The Balaban J connectivity index is 0.000000241. The predicted octanol–water partition coefficient (Wildman–Crippen LogP) is 12.5. The molecule has 334 valence electrons. The summed E-state index contributed by atoms with van der Waals surface area (Å²) in [5, 5.41) is 9.83. The maximum Gasteiger partial charge on any atom is 0.308 e. The summed E-state index contributed by atoms with van der Waals surface area (Å²) in [5.74, 6) is 3.04. The zero-order valence-electron chi connectivity index (χ0n) is 39.2. The highest BCUT2D eigenvalue weighted by molar-refractivity contribution is 6.00. The second-order valence-electron chi connectivity index (χ2n) is 17.1. The number of likely N-dealkylation sites (N-methyl/N-ethyl adjacent to an activating group) is 2. The number of aromatic hydroxyl groups is 1. The van der Waals surface area contributed by atoms with E-state index in [1.54, 1.807) is 12.1 Å². The van der Waals surface area contributed by atoms with Gasteiger partial charge in [0.25, 0.3) is 0 Å². The van der Waals surface area contributed by atoms with Gasteiger partial charge in [-0.2, -0.15) is 0 Å². The van der Waals surface area contributed by atoms with Crippen LogP contribution in [-0.2, 0) is 4.79 Å². The standard InChI is InChI=1S/C29H33NO3.C28H33NO2/c1-21(2)28(23-9-7-6-8-10-23)29(25-13-17-27(18-14-25)33-22(3)31)24-11-15-26(16-12-24)32-20-19-30(4)5;1-21(2)20-27(22-8-6-5-7-9-22)28(23-10-14-25(30)15-11-23)24-12-16-26(17-13-24)31-19-18-29(3)4/h6-18,21H,19-20H2,1-5H3;5-17,21,30H,18-20H2,1-4H3/b29-28+;28-27-. The molecule has 0 heterocycles. The van der Waals surface area contributed by atoms with E-state index in [1.807, 2.05) is 94.9 Å². The fourth-order valence-corrected chi connectivity index (χ4v) is 7.40. The van der Waals surface area contributed by atoms with E-state index in [1.165, 1.54) is 34.8 Å². The predicted molar refractivity (Wildman–Crippen MR) is 266 cm³/mol. The lowest BCUT2D eigenvalue weighted by molar-refractivity contribution is -0.131. The molecule has 7 heteroatoms. The number of hydrogen-bond acceptors (Lipinski definition) is 7. The van der Waals surface area contributed by atoms with Crippen molar-refractivity contribution in [1.82, 2.24) is 9.80 Å². The molecule has 7 nitrogen and oxygen atoms in total. The van der Waals surface area contributed by atoms with E-state index >= 15 is 0 Å². The van der Waals surface area contributed by atoms with Crippen molar-refractivity contribution in [3.63, 3.8) is 0 Å². The Morgan fingerprint density at radius 3 is 1.28 bits per heavy atom. The molecular formula is C57H66N2O5. The molecule has 0 fully saturated rings. The largest absolute Gasteiger partial charge is 0.508 e. The molecular weight excluding hydrogens is 793 g/mol. The van der Waals surface area contributed by atoms with Crippen molar-refractivity contribution in [2.24, 2.45) is 11.8 Å². The van der Waals surface area contributed by atoms with Crippen LogP contribution in [0.15, 0.2) is 158 Å². The Kier molecular flexibility index (Phi) is 18.6. The maximum atomic E-state index is 11.3. The van der Waals surface area contributed by atoms with Gasteiger partial charge in [0.2, 0.25) is 0 Å². The summed E-state index contributed by atoms with van der Waals surface area (Å²) < 4.78 is 17.0. The van der Waals surface area contributed by atoms with Crippen molar-refractivity contribution >= 4 is 28.3 Å². The van der Waals surface area contributed by atoms with Crippen molar-refractivity contribution in [2.75, 3.05) is 54.5 Å². The summed E-state index contributed by atoms with van der Waals surface area (Å²) in [6.45, 7) is 13.4. The molecule has 64 heavy (non-hydrogen) atoms. The van der Waals surface area contributed by atoms with Gasteiger partial charge in [-0.1, -0.05) is 137 Å². The summed E-state index contributed by atoms with van der Waals surface area (Å²) in [5.41, 5.74) is 11.8. The number of phenols is 1. The number of carbonyl (C=O) groups is 1. The number of hydrogen-bond donors (Lipinski definition) is 1. The number of allylic oxidation sites excluding steroid dienone is 2. The number of nitrogens with zero attached hydrogens (tertiary/aromatic N) is 2. The van der Waals surface area contributed by atoms with Crippen LogP contribution in [0.25, 0.3) is 22.3 Å². The SMILES string of the molecule is CC(=O)Oc1ccc(/C(=C(/c2ccccc2)C(C)C)c2ccc(OCCN(C)C)cc2)cc1.CC(C)C/C(=C(\c1ccc(O)cc1)c1ccc(OCCN(C)C)cc1)c1ccccc1. The molecule has 6 rings (SSSR count). The van der Waals surface area contributed by atoms with Crippen LogP contribution in [0.1, 0.15) is 74.4 Å². The Morgan fingerprint density at radius 2 is 0.891 bits per heavy atom. The van der Waals surface area contributed by atoms with Crippen LogP contribution in [0, 0.1) is 11.8 Å². The van der Waals surface area contributed by atoms with Crippen LogP contribution < -0.4 is 14.2 Å². The fourth-order valence-electron chi connectivity index (χ4n) is 7.40. The van der Waals surface area contributed by atoms with E-state index in [0.29, 0.717) is 30.8 Å². The molecule has 0 radical (unpaired) electrons. The zero-order valence-corrected chi connectivity index (χ0v) is 39.2. The van der Waals surface area contributed by atoms with Gasteiger partial charge < -0.3 is 29.1 Å². The van der Waals surface area contributed by atoms with Crippen LogP contribution in [0.4, 0.5) is 0 Å². The molecule has 0 aliphatic carbocycles. The Hall–Kier alpha value is -6.41. The Labute approximate surface area is 382 Å². The average molecular weight is 859 g/mol. The third kappa shape index (κ3) is 14.9. The van der Waals surface area contributed by atoms with Crippen molar-refractivity contribution in [3.05, 3.63) is 191 Å². The minimum atomic E-state index is -0.324. The van der Waals surface area contributed by atoms with Crippen molar-refractivity contribution in [2.45, 2.75) is 41.0 Å². The van der Waals surface area contributed by atoms with Gasteiger partial charge >= 0.3 is 5.97 Å². The van der Waals surface area contributed by atoms with Crippen LogP contribution in [0.5, 0.6) is 23.0 Å². The van der Waals surface area contributed by atoms with Gasteiger partial charge in [0.1, 0.15) is 36.2 Å². The quantitative estimate of drug-likeness (QED) is 0.0524. The first-order valence-electron chi connectivity index (χ1n) is 22.2. The van der Waals surface area contributed by atoms with E-state index < -0.39 is 0 Å². The number of ether oxygens (including phenoxy) is 3. The van der Waals surface area contributed by atoms with Gasteiger partial charge in [0.05, 0.1) is 0 Å². The maximum absolute atomic E-state index is 11.3. The number of benzene rings is 6. The van der Waals surface area contributed by atoms with Crippen LogP contribution in [0.2, 0.25) is 0 Å². The van der Waals surface area contributed by atoms with Crippen LogP contribution >= 0.6 is 0 Å². The fraction of sp³-hybridized carbons (Fsp3) is 0.281. The first-order valence-corrected chi connectivity index (χ1v) is 22.2. The van der Waals surface area contributed by atoms with E-state index in [0.717, 1.165) is 58.8 Å². The summed E-state index contributed by atoms with van der Waals surface area (Å²) in [4.78, 5) is 15.5. The molecule has 0 bridgehead atoms. The topological polar surface area (TPSA) is 71.5 Å². The first-order chi connectivity index (χ1) is 30.8. The number of esters is 1. The highest BCUT2D eigenvalue weighted by atomic mass is 16.5. The monoisotopic (exact) mass is 858 g/mol. The van der Waals surface area contributed by atoms with Gasteiger partial charge in [-0.15, -0.1) is 0 Å². The Morgan fingerprint density at radius 1 is 0.500 bits per heavy atom. The smallest absolute Gasteiger partial charge is 0.308 e. The van der Waals surface area contributed by atoms with Crippen LogP contribution in [0.3, 0.4) is 0 Å². The number of phenolic OH excluding ortho intramolecular Hbond substituents is 1. The van der Waals surface area contributed by atoms with E-state index in [-0.39, 0.29) is 11.7 Å². The molecule has 6 aromatic carbocycles. The third-order valence-corrected chi connectivity index (χ3v) is 10.4. The van der Waals surface area contributed by atoms with E-state index in [2.05, 4.69) is 116 Å². The first kappa shape index (κ1) is 48.6. The minimum Gasteiger partial charge on any atom is -0.508 e. The molecule has 0 unspecified atom stereocenters. The van der Waals surface area contributed by atoms with Gasteiger partial charge in [0.15, 0.2) is 0 Å². The normalized spacial score (nSPS) is 12.1. The average Bonchev–Trinajstić information content (AvgIpc) is 3.27. The molecule has 0 aromatic heterocycles. The lowest BCUT2D eigenvalue weighted by Crippen LogP contribution is -2.19. The Bertz CT molecular complexity index is 2380. The molecule has 0 amide bonds. The second kappa shape index (κ2) is 24.4. The number of rotatable bonds is 18. The highest BCUT2D eigenvalue weighted by Gasteiger charge is 2.19. The van der Waals surface area contributed by atoms with Crippen molar-refractivity contribution < 1.29 is 24.1 Å². The molecule has 0 aliphatic heterocycles. The molecule has 0 saturated carbocycles. The summed E-state index contributed by atoms with van der Waals surface area (Å²) in [6, 6.07) is 52.9. The molecule has 0 atom stereocenters. The summed E-state index contributed by atoms with van der Waals surface area (Å²) >= 11 is 0. The lowest BCUT2D eigenvalue weighted by Gasteiger charge is -2.21. The summed E-state index contributed by atoms with van der Waals surface area (Å²) in [6.07, 6.45) is 0.960. The van der Waals surface area contributed by atoms with Gasteiger partial charge in [-0.3, -0.25) is 4.79 Å². The second-order valence-corrected chi connectivity index (χ2v) is 17.1. The molecule has 1 N–H and O–H groups in total. The molecule has 0 aliphatic rings. The van der Waals surface area contributed by atoms with Crippen molar-refractivity contribution in [3.8, 4) is 23.0 Å².